The molecule has 4 nitrogen and oxygen atoms in total. The monoisotopic (exact) mass is 367 g/mol. The zero-order valence-corrected chi connectivity index (χ0v) is 14.3. The second kappa shape index (κ2) is 6.48. The van der Waals surface area contributed by atoms with Crippen LogP contribution in [0.3, 0.4) is 0 Å². The number of rotatable bonds is 5. The highest BCUT2D eigenvalue weighted by Crippen LogP contribution is 2.43. The lowest BCUT2D eigenvalue weighted by molar-refractivity contribution is -0.200. The van der Waals surface area contributed by atoms with Gasteiger partial charge >= 0.3 is 5.97 Å². The van der Waals surface area contributed by atoms with Crippen LogP contribution >= 0.6 is 0 Å². The summed E-state index contributed by atoms with van der Waals surface area (Å²) in [5.74, 6) is -0.951. The van der Waals surface area contributed by atoms with Crippen LogP contribution in [0, 0.1) is 0 Å². The first kappa shape index (κ1) is 17.2. The number of aliphatic carboxylic acids is 1. The van der Waals surface area contributed by atoms with Crippen molar-refractivity contribution in [2.45, 2.75) is 12.8 Å². The summed E-state index contributed by atoms with van der Waals surface area (Å²) in [5, 5.41) is 6.48. The van der Waals surface area contributed by atoms with Crippen LogP contribution in [-0.4, -0.2) is 15.8 Å². The Morgan fingerprint density at radius 1 is 1.15 bits per heavy atom. The third-order valence-electron chi connectivity index (χ3n) is 4.70. The molecule has 1 N–H and O–H groups in total. The third kappa shape index (κ3) is 2.94. The molecule has 2 heterocycles. The quantitative estimate of drug-likeness (QED) is 0.782. The molecule has 0 atom stereocenters. The van der Waals surface area contributed by atoms with Gasteiger partial charge in [0.2, 0.25) is 0 Å². The molecular formula is C21H17F2N2O2+. The Balaban J connectivity index is 1.78. The highest BCUT2D eigenvalue weighted by molar-refractivity contribution is 5.89. The van der Waals surface area contributed by atoms with Crippen LogP contribution in [0.1, 0.15) is 23.2 Å². The molecule has 0 saturated heterocycles. The number of fused-ring (bicyclic) bond motifs is 3. The molecule has 2 aliphatic rings. The van der Waals surface area contributed by atoms with Crippen molar-refractivity contribution in [3.8, 4) is 0 Å². The Morgan fingerprint density at radius 3 is 2.67 bits per heavy atom. The number of nitrogens with zero attached hydrogens (tertiary/aromatic N) is 2. The molecule has 136 valence electrons. The second-order valence-electron chi connectivity index (χ2n) is 6.39. The van der Waals surface area contributed by atoms with Gasteiger partial charge in [0, 0.05) is 18.1 Å². The maximum absolute atomic E-state index is 15.2. The molecule has 1 aromatic heterocycles. The molecule has 0 spiro atoms. The molecule has 1 aromatic carbocycles. The first-order valence-corrected chi connectivity index (χ1v) is 8.57. The molecule has 6 heteroatoms. The van der Waals surface area contributed by atoms with Gasteiger partial charge in [-0.25, -0.2) is 0 Å². The lowest BCUT2D eigenvalue weighted by Crippen LogP contribution is -2.44. The molecule has 0 saturated carbocycles. The summed E-state index contributed by atoms with van der Waals surface area (Å²) < 4.78 is 31.4. The van der Waals surface area contributed by atoms with Crippen LogP contribution in [0.15, 0.2) is 78.2 Å². The van der Waals surface area contributed by atoms with Crippen molar-refractivity contribution in [1.29, 1.82) is 0 Å². The molecule has 0 bridgehead atoms. The lowest BCUT2D eigenvalue weighted by Gasteiger charge is -2.24. The minimum absolute atomic E-state index is 0.101. The number of hydrogen-bond acceptors (Lipinski definition) is 1. The standard InChI is InChI=1S/C21H16F2N2O2/c22-25(23)19(11-9-15-5-2-1-3-6-15)17-7-4-8-18(17)21-16(10-12-20(26)27)13-14-24(21)25/h1-9,11,13-14H,10,12H2/p+1. The highest BCUT2D eigenvalue weighted by Gasteiger charge is 2.48. The molecule has 0 amide bonds. The number of allylic oxidation sites excluding steroid dienone is 6. The van der Waals surface area contributed by atoms with Gasteiger partial charge in [0.25, 0.3) is 5.70 Å². The van der Waals surface area contributed by atoms with E-state index in [-0.39, 0.29) is 18.5 Å². The van der Waals surface area contributed by atoms with Crippen molar-refractivity contribution < 1.29 is 18.9 Å². The number of carboxylic acid groups (broad SMARTS) is 1. The van der Waals surface area contributed by atoms with Crippen molar-refractivity contribution >= 4 is 17.6 Å². The molecule has 2 aromatic rings. The zero-order chi connectivity index (χ0) is 19.0. The fraction of sp³-hybridized carbons (Fsp3) is 0.0952. The van der Waals surface area contributed by atoms with Gasteiger partial charge in [0.1, 0.15) is 5.69 Å². The highest BCUT2D eigenvalue weighted by atomic mass is 19.4. The molecule has 1 aliphatic carbocycles. The van der Waals surface area contributed by atoms with Crippen LogP contribution < -0.4 is 5.04 Å². The predicted octanol–water partition coefficient (Wildman–Crippen LogP) is 4.65. The van der Waals surface area contributed by atoms with Gasteiger partial charge in [-0.2, -0.15) is 0 Å². The van der Waals surface area contributed by atoms with Crippen molar-refractivity contribution in [2.75, 3.05) is 0 Å². The van der Waals surface area contributed by atoms with E-state index in [1.807, 2.05) is 30.3 Å². The molecular weight excluding hydrogens is 350 g/mol. The fourth-order valence-corrected chi connectivity index (χ4v) is 3.44. The number of aromatic nitrogens is 1. The summed E-state index contributed by atoms with van der Waals surface area (Å²) in [7, 11) is 0. The molecule has 0 radical (unpaired) electrons. The third-order valence-corrected chi connectivity index (χ3v) is 4.70. The Labute approximate surface area is 154 Å². The lowest BCUT2D eigenvalue weighted by atomic mass is 9.97. The molecule has 27 heavy (non-hydrogen) atoms. The maximum atomic E-state index is 15.2. The van der Waals surface area contributed by atoms with Crippen molar-refractivity contribution in [3.63, 3.8) is 0 Å². The minimum atomic E-state index is -2.44. The summed E-state index contributed by atoms with van der Waals surface area (Å²) >= 11 is 0. The Bertz CT molecular complexity index is 1030. The first-order valence-electron chi connectivity index (χ1n) is 8.57. The zero-order valence-electron chi connectivity index (χ0n) is 14.3. The Kier molecular flexibility index (Phi) is 4.12. The number of carboxylic acids is 1. The van der Waals surface area contributed by atoms with E-state index in [4.69, 9.17) is 5.11 Å². The van der Waals surface area contributed by atoms with Gasteiger partial charge in [0.15, 0.2) is 5.04 Å². The largest absolute Gasteiger partial charge is 0.481 e. The van der Waals surface area contributed by atoms with Gasteiger partial charge in [0.05, 0.1) is 20.7 Å². The SMILES string of the molecule is O=C(O)CCc1ccn2c1C1=CC=CC1=C(C=Cc1ccccc1)[N+]2(F)F. The summed E-state index contributed by atoms with van der Waals surface area (Å²) in [4.78, 5) is 10.9. The average Bonchev–Trinajstić information content (AvgIpc) is 3.27. The van der Waals surface area contributed by atoms with E-state index in [0.717, 1.165) is 10.2 Å². The smallest absolute Gasteiger partial charge is 0.303 e. The maximum Gasteiger partial charge on any atom is 0.303 e. The van der Waals surface area contributed by atoms with Crippen molar-refractivity contribution in [2.24, 2.45) is 0 Å². The fourth-order valence-electron chi connectivity index (χ4n) is 3.44. The van der Waals surface area contributed by atoms with E-state index in [0.29, 0.717) is 22.4 Å². The molecule has 0 unspecified atom stereocenters. The molecule has 1 aliphatic heterocycles. The number of aryl methyl sites for hydroxylation is 1. The van der Waals surface area contributed by atoms with Gasteiger partial charge < -0.3 is 5.11 Å². The van der Waals surface area contributed by atoms with Crippen molar-refractivity contribution in [3.05, 3.63) is 95.0 Å². The number of hydrogen-bond donors (Lipinski definition) is 1. The van der Waals surface area contributed by atoms with Gasteiger partial charge in [-0.3, -0.25) is 4.79 Å². The number of halogens is 2. The predicted molar refractivity (Wildman–Crippen MR) is 99.8 cm³/mol. The molecule has 0 fully saturated rings. The van der Waals surface area contributed by atoms with Gasteiger partial charge in [-0.15, -0.1) is 4.68 Å². The summed E-state index contributed by atoms with van der Waals surface area (Å²) in [6.07, 6.45) is 9.73. The topological polar surface area (TPSA) is 42.2 Å². The first-order chi connectivity index (χ1) is 13.0. The summed E-state index contributed by atoms with van der Waals surface area (Å²) in [6, 6.07) is 10.8. The summed E-state index contributed by atoms with van der Waals surface area (Å²) in [5.41, 5.74) is 2.82. The van der Waals surface area contributed by atoms with E-state index >= 15 is 8.96 Å². The van der Waals surface area contributed by atoms with Crippen LogP contribution in [0.2, 0.25) is 0 Å². The normalized spacial score (nSPS) is 17.2. The minimum Gasteiger partial charge on any atom is -0.481 e. The number of carbonyl (C=O) groups is 1. The Morgan fingerprint density at radius 2 is 1.93 bits per heavy atom. The second-order valence-corrected chi connectivity index (χ2v) is 6.39. The van der Waals surface area contributed by atoms with Crippen LogP contribution in [0.4, 0.5) is 8.96 Å². The number of quaternary nitrogens is 1. The van der Waals surface area contributed by atoms with Crippen LogP contribution in [0.5, 0.6) is 0 Å². The number of benzene rings is 1. The van der Waals surface area contributed by atoms with Gasteiger partial charge in [-0.05, 0) is 35.8 Å². The van der Waals surface area contributed by atoms with Gasteiger partial charge in [-0.1, -0.05) is 42.5 Å². The van der Waals surface area contributed by atoms with Crippen molar-refractivity contribution in [1.82, 2.24) is 9.71 Å². The van der Waals surface area contributed by atoms with E-state index in [2.05, 4.69) is 0 Å². The van der Waals surface area contributed by atoms with E-state index < -0.39 is 11.0 Å². The van der Waals surface area contributed by atoms with Crippen LogP contribution in [-0.2, 0) is 11.2 Å². The summed E-state index contributed by atoms with van der Waals surface area (Å²) in [6.45, 7) is 0. The molecule has 4 rings (SSSR count). The van der Waals surface area contributed by atoms with E-state index in [9.17, 15) is 4.79 Å². The Hall–Kier alpha value is -3.25. The van der Waals surface area contributed by atoms with Crippen LogP contribution in [0.25, 0.3) is 11.6 Å². The van der Waals surface area contributed by atoms with E-state index in [1.54, 1.807) is 30.4 Å². The average molecular weight is 367 g/mol. The van der Waals surface area contributed by atoms with E-state index in [1.165, 1.54) is 12.3 Å².